The molecule has 0 aromatic carbocycles. The summed E-state index contributed by atoms with van der Waals surface area (Å²) in [6.07, 6.45) is 0.596. The average molecular weight is 112 g/mol. The van der Waals surface area contributed by atoms with E-state index in [1.54, 1.807) is 0 Å². The molecular formula is C5H8N2O. The quantitative estimate of drug-likeness (QED) is 0.446. The first kappa shape index (κ1) is 5.44. The minimum Gasteiger partial charge on any atom is -0.309 e. The van der Waals surface area contributed by atoms with Gasteiger partial charge in [0.05, 0.1) is 12.3 Å². The van der Waals surface area contributed by atoms with E-state index < -0.39 is 0 Å². The summed E-state index contributed by atoms with van der Waals surface area (Å²) in [5, 5.41) is 9.88. The number of carbonyl (C=O) groups excluding carboxylic acids is 1. The van der Waals surface area contributed by atoms with E-state index in [0.29, 0.717) is 13.0 Å². The summed E-state index contributed by atoms with van der Waals surface area (Å²) in [6.45, 7) is 1.14. The van der Waals surface area contributed by atoms with Crippen LogP contribution in [0.1, 0.15) is 6.42 Å². The van der Waals surface area contributed by atoms with E-state index in [2.05, 4.69) is 5.32 Å². The summed E-state index contributed by atoms with van der Waals surface area (Å²) in [7, 11) is 0. The highest BCUT2D eigenvalue weighted by atomic mass is 16.1. The minimum atomic E-state index is -0.0590. The molecule has 0 unspecified atom stereocenters. The van der Waals surface area contributed by atoms with Gasteiger partial charge in [0, 0.05) is 13.0 Å². The number of ketones is 1. The first-order chi connectivity index (χ1) is 3.80. The average Bonchev–Trinajstić information content (AvgIpc) is 1.77. The van der Waals surface area contributed by atoms with Crippen LogP contribution < -0.4 is 5.32 Å². The first-order valence-corrected chi connectivity index (χ1v) is 2.62. The lowest BCUT2D eigenvalue weighted by molar-refractivity contribution is -0.112. The fourth-order valence-corrected chi connectivity index (χ4v) is 0.661. The monoisotopic (exact) mass is 112 g/mol. The van der Waals surface area contributed by atoms with Crippen molar-refractivity contribution in [1.82, 2.24) is 5.32 Å². The second kappa shape index (κ2) is 2.05. The Morgan fingerprint density at radius 2 is 2.38 bits per heavy atom. The maximum absolute atomic E-state index is 10.5. The zero-order valence-electron chi connectivity index (χ0n) is 4.53. The van der Waals surface area contributed by atoms with Crippen LogP contribution >= 0.6 is 0 Å². The van der Waals surface area contributed by atoms with Crippen molar-refractivity contribution in [3.05, 3.63) is 0 Å². The molecule has 1 fully saturated rings. The van der Waals surface area contributed by atoms with Gasteiger partial charge in [-0.3, -0.25) is 4.79 Å². The summed E-state index contributed by atoms with van der Waals surface area (Å²) < 4.78 is 0. The molecule has 0 radical (unpaired) electrons. The summed E-state index contributed by atoms with van der Waals surface area (Å²) in [5.41, 5.74) is 0.267. The van der Waals surface area contributed by atoms with Crippen LogP contribution in [0.2, 0.25) is 0 Å². The van der Waals surface area contributed by atoms with Gasteiger partial charge in [0.25, 0.3) is 0 Å². The van der Waals surface area contributed by atoms with E-state index in [1.807, 2.05) is 0 Å². The van der Waals surface area contributed by atoms with Crippen LogP contribution in [-0.2, 0) is 4.79 Å². The van der Waals surface area contributed by atoms with E-state index in [1.165, 1.54) is 0 Å². The molecule has 1 rings (SSSR count). The second-order valence-electron chi connectivity index (χ2n) is 1.83. The molecule has 2 N–H and O–H groups in total. The smallest absolute Gasteiger partial charge is 0.190 e. The molecule has 0 amide bonds. The third-order valence-corrected chi connectivity index (χ3v) is 1.17. The molecule has 0 bridgehead atoms. The van der Waals surface area contributed by atoms with Crippen molar-refractivity contribution in [1.29, 1.82) is 5.41 Å². The van der Waals surface area contributed by atoms with E-state index in [4.69, 9.17) is 5.41 Å². The summed E-state index contributed by atoms with van der Waals surface area (Å²) in [5.74, 6) is -0.0590. The largest absolute Gasteiger partial charge is 0.309 e. The molecular weight excluding hydrogens is 104 g/mol. The van der Waals surface area contributed by atoms with Gasteiger partial charge in [-0.15, -0.1) is 0 Å². The zero-order valence-corrected chi connectivity index (χ0v) is 4.53. The van der Waals surface area contributed by atoms with Gasteiger partial charge in [-0.05, 0) is 0 Å². The molecule has 1 aliphatic heterocycles. The molecule has 1 saturated heterocycles. The zero-order chi connectivity index (χ0) is 5.98. The van der Waals surface area contributed by atoms with Gasteiger partial charge in [-0.1, -0.05) is 0 Å². The number of hydrogen-bond donors (Lipinski definition) is 2. The van der Waals surface area contributed by atoms with Crippen molar-refractivity contribution in [2.45, 2.75) is 6.42 Å². The van der Waals surface area contributed by atoms with Crippen molar-refractivity contribution in [2.24, 2.45) is 0 Å². The lowest BCUT2D eigenvalue weighted by atomic mass is 10.1. The van der Waals surface area contributed by atoms with Crippen molar-refractivity contribution < 1.29 is 4.79 Å². The lowest BCUT2D eigenvalue weighted by Crippen LogP contribution is -2.36. The number of nitrogens with one attached hydrogen (secondary N) is 2. The number of Topliss-reactive ketones (excluding diaryl/α,β-unsaturated/α-hetero) is 1. The Bertz CT molecular complexity index is 114. The molecule has 3 heteroatoms. The van der Waals surface area contributed by atoms with E-state index in [9.17, 15) is 4.79 Å². The van der Waals surface area contributed by atoms with Crippen LogP contribution in [0.5, 0.6) is 0 Å². The molecule has 3 nitrogen and oxygen atoms in total. The Balaban J connectivity index is 2.52. The third kappa shape index (κ3) is 0.924. The van der Waals surface area contributed by atoms with Crippen molar-refractivity contribution in [3.8, 4) is 0 Å². The van der Waals surface area contributed by atoms with Gasteiger partial charge in [-0.2, -0.15) is 0 Å². The Morgan fingerprint density at radius 1 is 1.62 bits per heavy atom. The van der Waals surface area contributed by atoms with Gasteiger partial charge in [0.15, 0.2) is 5.78 Å². The molecule has 0 aliphatic carbocycles. The third-order valence-electron chi connectivity index (χ3n) is 1.17. The number of rotatable bonds is 0. The van der Waals surface area contributed by atoms with E-state index in [0.717, 1.165) is 6.54 Å². The van der Waals surface area contributed by atoms with Gasteiger partial charge >= 0.3 is 0 Å². The van der Waals surface area contributed by atoms with Crippen LogP contribution in [0.4, 0.5) is 0 Å². The lowest BCUT2D eigenvalue weighted by Gasteiger charge is -2.09. The van der Waals surface area contributed by atoms with Crippen molar-refractivity contribution in [2.75, 3.05) is 13.1 Å². The van der Waals surface area contributed by atoms with Crippen LogP contribution in [0.25, 0.3) is 0 Å². The molecule has 0 aromatic heterocycles. The number of hydrogen-bond acceptors (Lipinski definition) is 3. The Hall–Kier alpha value is -0.700. The Labute approximate surface area is 47.6 Å². The molecule has 0 atom stereocenters. The van der Waals surface area contributed by atoms with Gasteiger partial charge in [0.1, 0.15) is 0 Å². The maximum atomic E-state index is 10.5. The molecule has 0 aromatic rings. The number of carbonyl (C=O) groups is 1. The van der Waals surface area contributed by atoms with Gasteiger partial charge < -0.3 is 10.7 Å². The van der Waals surface area contributed by atoms with Crippen molar-refractivity contribution in [3.63, 3.8) is 0 Å². The van der Waals surface area contributed by atoms with Crippen LogP contribution in [0, 0.1) is 5.41 Å². The second-order valence-corrected chi connectivity index (χ2v) is 1.83. The van der Waals surface area contributed by atoms with Crippen LogP contribution in [0.15, 0.2) is 0 Å². The van der Waals surface area contributed by atoms with Crippen molar-refractivity contribution >= 4 is 11.5 Å². The summed E-state index contributed by atoms with van der Waals surface area (Å²) in [4.78, 5) is 10.5. The molecule has 8 heavy (non-hydrogen) atoms. The predicted molar refractivity (Wildman–Crippen MR) is 30.2 cm³/mol. The van der Waals surface area contributed by atoms with E-state index >= 15 is 0 Å². The fraction of sp³-hybridized carbons (Fsp3) is 0.600. The highest BCUT2D eigenvalue weighted by molar-refractivity contribution is 6.39. The number of piperidine rings is 1. The van der Waals surface area contributed by atoms with Gasteiger partial charge in [0.2, 0.25) is 0 Å². The maximum Gasteiger partial charge on any atom is 0.190 e. The normalized spacial score (nSPS) is 21.5. The fourth-order valence-electron chi connectivity index (χ4n) is 0.661. The molecule has 1 heterocycles. The molecule has 0 spiro atoms. The Kier molecular flexibility index (Phi) is 1.39. The van der Waals surface area contributed by atoms with Crippen LogP contribution in [0.3, 0.4) is 0 Å². The first-order valence-electron chi connectivity index (χ1n) is 2.62. The topological polar surface area (TPSA) is 53.0 Å². The highest BCUT2D eigenvalue weighted by Gasteiger charge is 2.12. The molecule has 0 saturated carbocycles. The predicted octanol–water partition coefficient (Wildman–Crippen LogP) is -0.431. The minimum absolute atomic E-state index is 0.0590. The SMILES string of the molecule is N=C1CCNCC1=O. The highest BCUT2D eigenvalue weighted by Crippen LogP contribution is 1.89. The standard InChI is InChI=1S/C5H8N2O/c6-4-1-2-7-3-5(4)8/h6-7H,1-3H2. The Morgan fingerprint density at radius 3 is 2.75 bits per heavy atom. The molecule has 44 valence electrons. The van der Waals surface area contributed by atoms with E-state index in [-0.39, 0.29) is 11.5 Å². The summed E-state index contributed by atoms with van der Waals surface area (Å²) in [6, 6.07) is 0. The van der Waals surface area contributed by atoms with Gasteiger partial charge in [-0.25, -0.2) is 0 Å². The molecule has 1 aliphatic rings. The van der Waals surface area contributed by atoms with Crippen LogP contribution in [-0.4, -0.2) is 24.6 Å². The summed E-state index contributed by atoms with van der Waals surface area (Å²) >= 11 is 0.